The highest BCUT2D eigenvalue weighted by molar-refractivity contribution is 5.77. The van der Waals surface area contributed by atoms with Crippen LogP contribution in [0.15, 0.2) is 30.6 Å². The largest absolute Gasteiger partial charge is 0.481 e. The lowest BCUT2D eigenvalue weighted by Crippen LogP contribution is -2.49. The van der Waals surface area contributed by atoms with Crippen LogP contribution in [0.5, 0.6) is 5.88 Å². The molecule has 1 saturated heterocycles. The zero-order valence-corrected chi connectivity index (χ0v) is 15.1. The number of aromatic nitrogens is 3. The van der Waals surface area contributed by atoms with Crippen LogP contribution in [0.3, 0.4) is 0 Å². The lowest BCUT2D eigenvalue weighted by Gasteiger charge is -2.35. The fourth-order valence-corrected chi connectivity index (χ4v) is 3.06. The van der Waals surface area contributed by atoms with E-state index in [1.165, 1.54) is 0 Å². The minimum Gasteiger partial charge on any atom is -0.481 e. The van der Waals surface area contributed by atoms with Gasteiger partial charge < -0.3 is 19.1 Å². The third-order valence-corrected chi connectivity index (χ3v) is 4.55. The number of methoxy groups -OCH3 is 1. The highest BCUT2D eigenvalue weighted by Crippen LogP contribution is 2.18. The Labute approximate surface area is 148 Å². The van der Waals surface area contributed by atoms with E-state index in [4.69, 9.17) is 4.74 Å². The van der Waals surface area contributed by atoms with Gasteiger partial charge in [0.15, 0.2) is 0 Å². The average molecular weight is 343 g/mol. The van der Waals surface area contributed by atoms with Gasteiger partial charge in [0.1, 0.15) is 0 Å². The average Bonchev–Trinajstić information content (AvgIpc) is 3.16. The first-order valence-electron chi connectivity index (χ1n) is 8.61. The van der Waals surface area contributed by atoms with E-state index in [2.05, 4.69) is 26.4 Å². The molecule has 2 aromatic heterocycles. The smallest absolute Gasteiger partial charge is 0.228 e. The Balaban J connectivity index is 1.56. The number of nitrogens with zero attached hydrogens (tertiary/aromatic N) is 5. The molecule has 0 saturated carbocycles. The molecule has 0 unspecified atom stereocenters. The molecule has 7 heteroatoms. The molecule has 0 N–H and O–H groups in total. The summed E-state index contributed by atoms with van der Waals surface area (Å²) in [5.41, 5.74) is 0.876. The van der Waals surface area contributed by atoms with Crippen LogP contribution in [0.4, 0.5) is 5.95 Å². The van der Waals surface area contributed by atoms with Crippen molar-refractivity contribution < 1.29 is 9.53 Å². The molecule has 3 heterocycles. The number of rotatable bonds is 5. The van der Waals surface area contributed by atoms with Crippen LogP contribution in [0.2, 0.25) is 0 Å². The van der Waals surface area contributed by atoms with E-state index in [9.17, 15) is 4.79 Å². The standard InChI is InChI=1S/C18H25N5O2/c1-14-12-16(25-3)20-18(19-14)23-10-8-22(9-11-23)17(24)13-15(2)21-6-4-5-7-21/h4-7,12,15H,8-11,13H2,1-3H3/t15-/m0/s1. The highest BCUT2D eigenvalue weighted by atomic mass is 16.5. The van der Waals surface area contributed by atoms with Crippen LogP contribution in [-0.2, 0) is 4.79 Å². The van der Waals surface area contributed by atoms with Gasteiger partial charge in [-0.2, -0.15) is 4.98 Å². The van der Waals surface area contributed by atoms with Crippen molar-refractivity contribution in [3.63, 3.8) is 0 Å². The zero-order chi connectivity index (χ0) is 17.8. The molecule has 25 heavy (non-hydrogen) atoms. The minimum atomic E-state index is 0.171. The van der Waals surface area contributed by atoms with Gasteiger partial charge in [-0.05, 0) is 26.0 Å². The summed E-state index contributed by atoms with van der Waals surface area (Å²) in [5.74, 6) is 1.44. The predicted molar refractivity (Wildman–Crippen MR) is 95.9 cm³/mol. The fraction of sp³-hybridized carbons (Fsp3) is 0.500. The molecule has 1 amide bonds. The van der Waals surface area contributed by atoms with E-state index < -0.39 is 0 Å². The molecule has 1 fully saturated rings. The number of ether oxygens (including phenoxy) is 1. The second kappa shape index (κ2) is 7.55. The number of hydrogen-bond acceptors (Lipinski definition) is 5. The van der Waals surface area contributed by atoms with E-state index in [-0.39, 0.29) is 11.9 Å². The summed E-state index contributed by atoms with van der Waals surface area (Å²) in [4.78, 5) is 25.5. The Hall–Kier alpha value is -2.57. The molecular formula is C18H25N5O2. The predicted octanol–water partition coefficient (Wildman–Crippen LogP) is 1.90. The second-order valence-corrected chi connectivity index (χ2v) is 6.40. The van der Waals surface area contributed by atoms with Crippen LogP contribution in [0, 0.1) is 6.92 Å². The van der Waals surface area contributed by atoms with E-state index in [0.29, 0.717) is 31.3 Å². The van der Waals surface area contributed by atoms with Crippen LogP contribution >= 0.6 is 0 Å². The van der Waals surface area contributed by atoms with E-state index in [0.717, 1.165) is 18.8 Å². The Morgan fingerprint density at radius 3 is 2.52 bits per heavy atom. The van der Waals surface area contributed by atoms with Crippen LogP contribution < -0.4 is 9.64 Å². The Bertz CT molecular complexity index is 708. The molecule has 0 spiro atoms. The Morgan fingerprint density at radius 1 is 1.20 bits per heavy atom. The number of anilines is 1. The summed E-state index contributed by atoms with van der Waals surface area (Å²) in [6, 6.07) is 5.95. The van der Waals surface area contributed by atoms with Gasteiger partial charge in [0.05, 0.1) is 7.11 Å². The molecule has 0 bridgehead atoms. The minimum absolute atomic E-state index is 0.171. The van der Waals surface area contributed by atoms with E-state index in [1.807, 2.05) is 42.4 Å². The lowest BCUT2D eigenvalue weighted by atomic mass is 10.2. The molecule has 134 valence electrons. The van der Waals surface area contributed by atoms with Gasteiger partial charge in [-0.15, -0.1) is 0 Å². The van der Waals surface area contributed by atoms with E-state index >= 15 is 0 Å². The van der Waals surface area contributed by atoms with Gasteiger partial charge in [0.25, 0.3) is 0 Å². The topological polar surface area (TPSA) is 63.5 Å². The maximum Gasteiger partial charge on any atom is 0.228 e. The number of carbonyl (C=O) groups excluding carboxylic acids is 1. The fourth-order valence-electron chi connectivity index (χ4n) is 3.06. The first kappa shape index (κ1) is 17.3. The summed E-state index contributed by atoms with van der Waals surface area (Å²) in [5, 5.41) is 0. The quantitative estimate of drug-likeness (QED) is 0.830. The summed E-state index contributed by atoms with van der Waals surface area (Å²) in [6.45, 7) is 6.84. The van der Waals surface area contributed by atoms with Gasteiger partial charge in [0, 0.05) is 62.8 Å². The molecule has 1 aliphatic rings. The molecule has 1 atom stereocenters. The van der Waals surface area contributed by atoms with Gasteiger partial charge >= 0.3 is 0 Å². The first-order chi connectivity index (χ1) is 12.1. The molecule has 0 aliphatic carbocycles. The third kappa shape index (κ3) is 4.10. The van der Waals surface area contributed by atoms with Crippen LogP contribution in [0.25, 0.3) is 0 Å². The molecule has 0 aromatic carbocycles. The van der Waals surface area contributed by atoms with Crippen molar-refractivity contribution in [1.82, 2.24) is 19.4 Å². The van der Waals surface area contributed by atoms with E-state index in [1.54, 1.807) is 7.11 Å². The maximum atomic E-state index is 12.5. The van der Waals surface area contributed by atoms with Crippen molar-refractivity contribution in [2.24, 2.45) is 0 Å². The third-order valence-electron chi connectivity index (χ3n) is 4.55. The van der Waals surface area contributed by atoms with Crippen LogP contribution in [0.1, 0.15) is 25.1 Å². The first-order valence-corrected chi connectivity index (χ1v) is 8.61. The number of piperazine rings is 1. The number of amides is 1. The Morgan fingerprint density at radius 2 is 1.88 bits per heavy atom. The number of aryl methyl sites for hydroxylation is 1. The summed E-state index contributed by atoms with van der Waals surface area (Å²) < 4.78 is 7.29. The number of carbonyl (C=O) groups is 1. The monoisotopic (exact) mass is 343 g/mol. The van der Waals surface area contributed by atoms with Crippen LogP contribution in [-0.4, -0.2) is 58.6 Å². The molecule has 1 aliphatic heterocycles. The summed E-state index contributed by atoms with van der Waals surface area (Å²) >= 11 is 0. The highest BCUT2D eigenvalue weighted by Gasteiger charge is 2.24. The van der Waals surface area contributed by atoms with Crippen molar-refractivity contribution in [3.8, 4) is 5.88 Å². The molecule has 3 rings (SSSR count). The van der Waals surface area contributed by atoms with Gasteiger partial charge in [-0.1, -0.05) is 0 Å². The molecule has 0 radical (unpaired) electrons. The summed E-state index contributed by atoms with van der Waals surface area (Å²) in [6.07, 6.45) is 4.51. The summed E-state index contributed by atoms with van der Waals surface area (Å²) in [7, 11) is 1.61. The van der Waals surface area contributed by atoms with Crippen molar-refractivity contribution in [3.05, 3.63) is 36.3 Å². The second-order valence-electron chi connectivity index (χ2n) is 6.40. The van der Waals surface area contributed by atoms with Crippen molar-refractivity contribution in [1.29, 1.82) is 0 Å². The Kier molecular flexibility index (Phi) is 5.21. The van der Waals surface area contributed by atoms with Crippen molar-refractivity contribution in [2.45, 2.75) is 26.3 Å². The zero-order valence-electron chi connectivity index (χ0n) is 15.1. The number of hydrogen-bond donors (Lipinski definition) is 0. The van der Waals surface area contributed by atoms with Crippen molar-refractivity contribution in [2.75, 3.05) is 38.2 Å². The normalized spacial score (nSPS) is 16.0. The lowest BCUT2D eigenvalue weighted by molar-refractivity contribution is -0.132. The van der Waals surface area contributed by atoms with Gasteiger partial charge in [-0.3, -0.25) is 4.79 Å². The van der Waals surface area contributed by atoms with Gasteiger partial charge in [0.2, 0.25) is 17.7 Å². The van der Waals surface area contributed by atoms with Crippen molar-refractivity contribution >= 4 is 11.9 Å². The molecule has 2 aromatic rings. The van der Waals surface area contributed by atoms with Gasteiger partial charge in [-0.25, -0.2) is 4.98 Å². The maximum absolute atomic E-state index is 12.5. The SMILES string of the molecule is COc1cc(C)nc(N2CCN(C(=O)C[C@H](C)n3cccc3)CC2)n1. The molecular weight excluding hydrogens is 318 g/mol. The molecule has 7 nitrogen and oxygen atoms in total.